The molecule has 1 N–H and O–H groups in total. The van der Waals surface area contributed by atoms with E-state index < -0.39 is 0 Å². The predicted octanol–water partition coefficient (Wildman–Crippen LogP) is 2.15. The Morgan fingerprint density at radius 2 is 1.94 bits per heavy atom. The van der Waals surface area contributed by atoms with Gasteiger partial charge >= 0.3 is 0 Å². The minimum atomic E-state index is -0.310. The van der Waals surface area contributed by atoms with Gasteiger partial charge in [-0.05, 0) is 24.3 Å². The number of rotatable bonds is 4. The molecule has 0 saturated heterocycles. The average Bonchev–Trinajstić information content (AvgIpc) is 2.40. The summed E-state index contributed by atoms with van der Waals surface area (Å²) in [6.45, 7) is -0.0890. The van der Waals surface area contributed by atoms with Gasteiger partial charge in [0.2, 0.25) is 0 Å². The monoisotopic (exact) mass is 263 g/mol. The largest absolute Gasteiger partial charge is 0.484 e. The Hall–Kier alpha value is -2.14. The molecule has 2 aromatic rings. The van der Waals surface area contributed by atoms with Crippen molar-refractivity contribution in [2.45, 2.75) is 0 Å². The molecular formula is C12H10ClN3O2. The first-order valence-electron chi connectivity index (χ1n) is 5.21. The third kappa shape index (κ3) is 3.71. The number of carbonyl (C=O) groups is 1. The van der Waals surface area contributed by atoms with Crippen LogP contribution < -0.4 is 10.1 Å². The van der Waals surface area contributed by atoms with Crippen molar-refractivity contribution >= 4 is 23.3 Å². The van der Waals surface area contributed by atoms with Gasteiger partial charge in [-0.1, -0.05) is 29.8 Å². The second-order valence-corrected chi connectivity index (χ2v) is 3.78. The second kappa shape index (κ2) is 5.97. The first kappa shape index (κ1) is 12.3. The van der Waals surface area contributed by atoms with E-state index in [-0.39, 0.29) is 17.7 Å². The van der Waals surface area contributed by atoms with Gasteiger partial charge in [-0.15, -0.1) is 10.2 Å². The quantitative estimate of drug-likeness (QED) is 0.918. The first-order valence-corrected chi connectivity index (χ1v) is 5.59. The summed E-state index contributed by atoms with van der Waals surface area (Å²) < 4.78 is 5.28. The standard InChI is InChI=1S/C12H10ClN3O2/c13-10-6-7-11(16-15-10)14-12(17)8-18-9-4-2-1-3-5-9/h1-7H,8H2,(H,14,16,17). The van der Waals surface area contributed by atoms with E-state index in [2.05, 4.69) is 15.5 Å². The summed E-state index contributed by atoms with van der Waals surface area (Å²) in [5, 5.41) is 10.1. The van der Waals surface area contributed by atoms with Crippen LogP contribution in [0.3, 0.4) is 0 Å². The average molecular weight is 264 g/mol. The molecule has 92 valence electrons. The molecule has 1 aromatic carbocycles. The zero-order chi connectivity index (χ0) is 12.8. The number of carbonyl (C=O) groups excluding carboxylic acids is 1. The van der Waals surface area contributed by atoms with Crippen LogP contribution in [0.1, 0.15) is 0 Å². The molecule has 1 aromatic heterocycles. The van der Waals surface area contributed by atoms with Crippen LogP contribution in [0.4, 0.5) is 5.82 Å². The van der Waals surface area contributed by atoms with E-state index in [0.29, 0.717) is 11.6 Å². The number of nitrogens with zero attached hydrogens (tertiary/aromatic N) is 2. The van der Waals surface area contributed by atoms with Crippen molar-refractivity contribution in [3.05, 3.63) is 47.6 Å². The summed E-state index contributed by atoms with van der Waals surface area (Å²) in [6.07, 6.45) is 0. The van der Waals surface area contributed by atoms with Gasteiger partial charge in [0.25, 0.3) is 5.91 Å². The number of hydrogen-bond acceptors (Lipinski definition) is 4. The number of benzene rings is 1. The molecule has 0 saturated carbocycles. The molecule has 1 amide bonds. The fourth-order valence-corrected chi connectivity index (χ4v) is 1.33. The van der Waals surface area contributed by atoms with Crippen molar-refractivity contribution in [3.8, 4) is 5.75 Å². The first-order chi connectivity index (χ1) is 8.74. The van der Waals surface area contributed by atoms with Crippen molar-refractivity contribution in [1.29, 1.82) is 0 Å². The molecular weight excluding hydrogens is 254 g/mol. The highest BCUT2D eigenvalue weighted by Crippen LogP contribution is 2.09. The van der Waals surface area contributed by atoms with Crippen molar-refractivity contribution in [1.82, 2.24) is 10.2 Å². The highest BCUT2D eigenvalue weighted by molar-refractivity contribution is 6.29. The Labute approximate surface area is 109 Å². The van der Waals surface area contributed by atoms with Crippen LogP contribution in [-0.2, 0) is 4.79 Å². The molecule has 0 spiro atoms. The highest BCUT2D eigenvalue weighted by atomic mass is 35.5. The van der Waals surface area contributed by atoms with Gasteiger partial charge in [-0.25, -0.2) is 0 Å². The lowest BCUT2D eigenvalue weighted by Gasteiger charge is -2.06. The number of halogens is 1. The number of amides is 1. The summed E-state index contributed by atoms with van der Waals surface area (Å²) in [7, 11) is 0. The summed E-state index contributed by atoms with van der Waals surface area (Å²) >= 11 is 5.58. The predicted molar refractivity (Wildman–Crippen MR) is 67.6 cm³/mol. The third-order valence-corrected chi connectivity index (χ3v) is 2.21. The Morgan fingerprint density at radius 1 is 1.17 bits per heavy atom. The van der Waals surface area contributed by atoms with E-state index >= 15 is 0 Å². The summed E-state index contributed by atoms with van der Waals surface area (Å²) in [5.74, 6) is 0.659. The van der Waals surface area contributed by atoms with Gasteiger partial charge in [0.15, 0.2) is 17.6 Å². The van der Waals surface area contributed by atoms with Crippen molar-refractivity contribution in [2.75, 3.05) is 11.9 Å². The Balaban J connectivity index is 1.84. The number of nitrogens with one attached hydrogen (secondary N) is 1. The zero-order valence-electron chi connectivity index (χ0n) is 9.34. The molecule has 5 nitrogen and oxygen atoms in total. The molecule has 18 heavy (non-hydrogen) atoms. The maximum absolute atomic E-state index is 11.5. The molecule has 0 atom stereocenters. The smallest absolute Gasteiger partial charge is 0.263 e. The van der Waals surface area contributed by atoms with Gasteiger partial charge in [0.05, 0.1) is 0 Å². The lowest BCUT2D eigenvalue weighted by Crippen LogP contribution is -2.20. The van der Waals surface area contributed by atoms with Gasteiger partial charge < -0.3 is 10.1 Å². The molecule has 0 radical (unpaired) electrons. The van der Waals surface area contributed by atoms with Crippen LogP contribution in [0, 0.1) is 0 Å². The van der Waals surface area contributed by atoms with Gasteiger partial charge in [0, 0.05) is 0 Å². The number of para-hydroxylation sites is 1. The molecule has 0 bridgehead atoms. The minimum absolute atomic E-state index is 0.0890. The SMILES string of the molecule is O=C(COc1ccccc1)Nc1ccc(Cl)nn1. The number of ether oxygens (including phenoxy) is 1. The normalized spacial score (nSPS) is 9.83. The van der Waals surface area contributed by atoms with Crippen LogP contribution >= 0.6 is 11.6 Å². The van der Waals surface area contributed by atoms with E-state index in [9.17, 15) is 4.79 Å². The summed E-state index contributed by atoms with van der Waals surface area (Å²) in [5.41, 5.74) is 0. The maximum atomic E-state index is 11.5. The number of hydrogen-bond donors (Lipinski definition) is 1. The molecule has 0 aliphatic carbocycles. The molecule has 0 aliphatic rings. The van der Waals surface area contributed by atoms with Crippen LogP contribution in [-0.4, -0.2) is 22.7 Å². The van der Waals surface area contributed by atoms with E-state index in [4.69, 9.17) is 16.3 Å². The number of aromatic nitrogens is 2. The summed E-state index contributed by atoms with van der Waals surface area (Å²) in [4.78, 5) is 11.5. The zero-order valence-corrected chi connectivity index (χ0v) is 10.1. The fourth-order valence-electron chi connectivity index (χ4n) is 1.23. The lowest BCUT2D eigenvalue weighted by molar-refractivity contribution is -0.118. The molecule has 0 fully saturated rings. The molecule has 0 aliphatic heterocycles. The van der Waals surface area contributed by atoms with Gasteiger partial charge in [-0.2, -0.15) is 0 Å². The van der Waals surface area contributed by atoms with Crippen LogP contribution in [0.25, 0.3) is 0 Å². The molecule has 1 heterocycles. The second-order valence-electron chi connectivity index (χ2n) is 3.39. The van der Waals surface area contributed by atoms with E-state index in [1.807, 2.05) is 18.2 Å². The van der Waals surface area contributed by atoms with Crippen molar-refractivity contribution < 1.29 is 9.53 Å². The topological polar surface area (TPSA) is 64.1 Å². The van der Waals surface area contributed by atoms with Crippen LogP contribution in [0.2, 0.25) is 5.15 Å². The van der Waals surface area contributed by atoms with Crippen molar-refractivity contribution in [3.63, 3.8) is 0 Å². The minimum Gasteiger partial charge on any atom is -0.484 e. The van der Waals surface area contributed by atoms with E-state index in [1.54, 1.807) is 24.3 Å². The highest BCUT2D eigenvalue weighted by Gasteiger charge is 2.04. The van der Waals surface area contributed by atoms with Crippen molar-refractivity contribution in [2.24, 2.45) is 0 Å². The maximum Gasteiger partial charge on any atom is 0.263 e. The van der Waals surface area contributed by atoms with Gasteiger partial charge in [0.1, 0.15) is 5.75 Å². The third-order valence-electron chi connectivity index (χ3n) is 2.01. The Bertz CT molecular complexity index is 517. The van der Waals surface area contributed by atoms with Gasteiger partial charge in [-0.3, -0.25) is 4.79 Å². The molecule has 6 heteroatoms. The molecule has 2 rings (SSSR count). The number of anilines is 1. The molecule has 0 unspecified atom stereocenters. The van der Waals surface area contributed by atoms with Crippen LogP contribution in [0.5, 0.6) is 5.75 Å². The van der Waals surface area contributed by atoms with Crippen LogP contribution in [0.15, 0.2) is 42.5 Å². The summed E-state index contributed by atoms with van der Waals surface area (Å²) in [6, 6.07) is 12.2. The fraction of sp³-hybridized carbons (Fsp3) is 0.0833. The Morgan fingerprint density at radius 3 is 2.61 bits per heavy atom. The Kier molecular flexibility index (Phi) is 4.09. The van der Waals surface area contributed by atoms with E-state index in [0.717, 1.165) is 0 Å². The van der Waals surface area contributed by atoms with E-state index in [1.165, 1.54) is 0 Å². The lowest BCUT2D eigenvalue weighted by atomic mass is 10.3.